The second-order valence-electron chi connectivity index (χ2n) is 3.16. The summed E-state index contributed by atoms with van der Waals surface area (Å²) in [4.78, 5) is 0. The fourth-order valence-corrected chi connectivity index (χ4v) is 1.31. The number of rotatable bonds is 3. The van der Waals surface area contributed by atoms with Gasteiger partial charge in [0, 0.05) is 0 Å². The van der Waals surface area contributed by atoms with Crippen LogP contribution in [-0.2, 0) is 5.66 Å². The zero-order valence-electron chi connectivity index (χ0n) is 8.16. The maximum atomic E-state index is 5.93. The Morgan fingerprint density at radius 2 is 1.69 bits per heavy atom. The zero-order chi connectivity index (χ0) is 9.03. The van der Waals surface area contributed by atoms with Crippen LogP contribution in [0, 0.1) is 0 Å². The molecule has 0 fully saturated rings. The molecule has 0 spiro atoms. The minimum absolute atomic E-state index is 0. The van der Waals surface area contributed by atoms with Gasteiger partial charge in [-0.25, -0.2) is 0 Å². The van der Waals surface area contributed by atoms with Crippen LogP contribution >= 0.6 is 0 Å². The summed E-state index contributed by atoms with van der Waals surface area (Å²) in [6, 6.07) is 9.82. The molecule has 1 rings (SSSR count). The van der Waals surface area contributed by atoms with E-state index < -0.39 is 5.66 Å². The van der Waals surface area contributed by atoms with Gasteiger partial charge in [-0.05, 0) is 12.0 Å². The molecule has 0 radical (unpaired) electrons. The summed E-state index contributed by atoms with van der Waals surface area (Å²) in [7, 11) is 0. The van der Waals surface area contributed by atoms with Gasteiger partial charge < -0.3 is 17.6 Å². The highest BCUT2D eigenvalue weighted by Crippen LogP contribution is 2.16. The molecule has 0 saturated carbocycles. The van der Waals surface area contributed by atoms with Gasteiger partial charge in [-0.15, -0.1) is 0 Å². The molecule has 0 aliphatic heterocycles. The predicted molar refractivity (Wildman–Crippen MR) is 56.4 cm³/mol. The second kappa shape index (κ2) is 4.97. The molecule has 0 aliphatic rings. The molecule has 0 amide bonds. The lowest BCUT2D eigenvalue weighted by Crippen LogP contribution is -2.45. The van der Waals surface area contributed by atoms with E-state index in [9.17, 15) is 0 Å². The number of benzene rings is 1. The van der Waals surface area contributed by atoms with Crippen molar-refractivity contribution in [3.8, 4) is 0 Å². The molecule has 1 aromatic carbocycles. The highest BCUT2D eigenvalue weighted by Gasteiger charge is 2.19. The number of hydrogen-bond donors (Lipinski definition) is 3. The van der Waals surface area contributed by atoms with Crippen LogP contribution in [0.15, 0.2) is 30.3 Å². The zero-order valence-corrected chi connectivity index (χ0v) is 8.16. The topological polar surface area (TPSA) is 87.0 Å². The normalized spacial score (nSPS) is 10.7. The van der Waals surface area contributed by atoms with E-state index in [1.54, 1.807) is 0 Å². The quantitative estimate of drug-likeness (QED) is 0.620. The average molecular weight is 181 g/mol. The molecule has 0 saturated heterocycles. The summed E-state index contributed by atoms with van der Waals surface area (Å²) in [5.74, 6) is 0. The van der Waals surface area contributed by atoms with E-state index in [1.807, 2.05) is 30.3 Å². The average Bonchev–Trinajstić information content (AvgIpc) is 2.06. The van der Waals surface area contributed by atoms with Crippen LogP contribution in [0.2, 0.25) is 0 Å². The van der Waals surface area contributed by atoms with Crippen molar-refractivity contribution in [1.82, 2.24) is 6.15 Å². The van der Waals surface area contributed by atoms with Gasteiger partial charge in [0.2, 0.25) is 0 Å². The largest absolute Gasteiger partial charge is 0.344 e. The van der Waals surface area contributed by atoms with Crippen molar-refractivity contribution in [1.29, 1.82) is 0 Å². The minimum atomic E-state index is -0.657. The minimum Gasteiger partial charge on any atom is -0.344 e. The summed E-state index contributed by atoms with van der Waals surface area (Å²) in [5, 5.41) is 0. The first kappa shape index (κ1) is 12.1. The third-order valence-electron chi connectivity index (χ3n) is 1.97. The molecule has 0 aromatic heterocycles. The van der Waals surface area contributed by atoms with Crippen LogP contribution < -0.4 is 17.6 Å². The van der Waals surface area contributed by atoms with Gasteiger partial charge in [0.1, 0.15) is 0 Å². The van der Waals surface area contributed by atoms with Crippen LogP contribution in [0.5, 0.6) is 0 Å². The molecule has 3 heteroatoms. The lowest BCUT2D eigenvalue weighted by molar-refractivity contribution is 0.421. The molecular formula is C10H19N3. The van der Waals surface area contributed by atoms with Crippen molar-refractivity contribution in [2.24, 2.45) is 11.5 Å². The first-order valence-electron chi connectivity index (χ1n) is 4.30. The smallest absolute Gasteiger partial charge is 0.0899 e. The Kier molecular flexibility index (Phi) is 4.62. The van der Waals surface area contributed by atoms with Crippen LogP contribution in [0.1, 0.15) is 25.3 Å². The van der Waals surface area contributed by atoms with Crippen molar-refractivity contribution in [2.45, 2.75) is 25.4 Å². The van der Waals surface area contributed by atoms with Gasteiger partial charge in [0.25, 0.3) is 0 Å². The van der Waals surface area contributed by atoms with E-state index in [4.69, 9.17) is 11.5 Å². The number of nitrogens with two attached hydrogens (primary N) is 2. The number of hydrogen-bond acceptors (Lipinski definition) is 3. The van der Waals surface area contributed by atoms with Crippen molar-refractivity contribution in [3.63, 3.8) is 0 Å². The van der Waals surface area contributed by atoms with Gasteiger partial charge in [0.05, 0.1) is 5.66 Å². The fraction of sp³-hybridized carbons (Fsp3) is 0.400. The predicted octanol–water partition coefficient (Wildman–Crippen LogP) is 1.72. The second-order valence-corrected chi connectivity index (χ2v) is 3.16. The monoisotopic (exact) mass is 181 g/mol. The molecule has 0 bridgehead atoms. The molecule has 0 atom stereocenters. The van der Waals surface area contributed by atoms with Gasteiger partial charge in [-0.2, -0.15) is 0 Å². The Morgan fingerprint density at radius 1 is 1.15 bits per heavy atom. The molecule has 7 N–H and O–H groups in total. The Labute approximate surface area is 79.7 Å². The maximum Gasteiger partial charge on any atom is 0.0899 e. The molecule has 0 heterocycles. The first-order chi connectivity index (χ1) is 5.67. The summed E-state index contributed by atoms with van der Waals surface area (Å²) in [6.07, 6.45) is 1.82. The van der Waals surface area contributed by atoms with E-state index >= 15 is 0 Å². The van der Waals surface area contributed by atoms with Gasteiger partial charge in [0.15, 0.2) is 0 Å². The third kappa shape index (κ3) is 3.14. The Bertz CT molecular complexity index is 231. The van der Waals surface area contributed by atoms with Crippen molar-refractivity contribution >= 4 is 0 Å². The molecule has 13 heavy (non-hydrogen) atoms. The van der Waals surface area contributed by atoms with Crippen LogP contribution in [-0.4, -0.2) is 0 Å². The van der Waals surface area contributed by atoms with Crippen molar-refractivity contribution < 1.29 is 0 Å². The summed E-state index contributed by atoms with van der Waals surface area (Å²) in [5.41, 5.74) is 12.2. The molecule has 0 aliphatic carbocycles. The molecular weight excluding hydrogens is 162 g/mol. The Balaban J connectivity index is 0.00000144. The lowest BCUT2D eigenvalue weighted by Gasteiger charge is -2.24. The Morgan fingerprint density at radius 3 is 2.15 bits per heavy atom. The lowest BCUT2D eigenvalue weighted by atomic mass is 9.97. The van der Waals surface area contributed by atoms with Crippen molar-refractivity contribution in [2.75, 3.05) is 0 Å². The molecule has 3 nitrogen and oxygen atoms in total. The van der Waals surface area contributed by atoms with E-state index in [0.717, 1.165) is 18.4 Å². The van der Waals surface area contributed by atoms with Crippen LogP contribution in [0.3, 0.4) is 0 Å². The summed E-state index contributed by atoms with van der Waals surface area (Å²) < 4.78 is 0. The van der Waals surface area contributed by atoms with Gasteiger partial charge in [-0.3, -0.25) is 0 Å². The van der Waals surface area contributed by atoms with E-state index in [2.05, 4.69) is 6.92 Å². The van der Waals surface area contributed by atoms with Crippen LogP contribution in [0.25, 0.3) is 0 Å². The highest BCUT2D eigenvalue weighted by atomic mass is 14.9. The van der Waals surface area contributed by atoms with E-state index in [-0.39, 0.29) is 6.15 Å². The molecule has 0 unspecified atom stereocenters. The van der Waals surface area contributed by atoms with E-state index in [1.165, 1.54) is 0 Å². The maximum absolute atomic E-state index is 5.93. The first-order valence-corrected chi connectivity index (χ1v) is 4.30. The molecule has 74 valence electrons. The highest BCUT2D eigenvalue weighted by molar-refractivity contribution is 5.22. The van der Waals surface area contributed by atoms with E-state index in [0.29, 0.717) is 0 Å². The Hall–Kier alpha value is -0.900. The third-order valence-corrected chi connectivity index (χ3v) is 1.97. The van der Waals surface area contributed by atoms with Crippen LogP contribution in [0.4, 0.5) is 0 Å². The summed E-state index contributed by atoms with van der Waals surface area (Å²) >= 11 is 0. The summed E-state index contributed by atoms with van der Waals surface area (Å²) in [6.45, 7) is 2.08. The van der Waals surface area contributed by atoms with Gasteiger partial charge in [-0.1, -0.05) is 43.7 Å². The van der Waals surface area contributed by atoms with Gasteiger partial charge >= 0.3 is 0 Å². The SMILES string of the molecule is CCCC(N)(N)c1ccccc1.N. The molecule has 1 aromatic rings. The standard InChI is InChI=1S/C10H16N2.H3N/c1-2-8-10(11,12)9-6-4-3-5-7-9;/h3-7H,2,8,11-12H2,1H3;1H3. The fourth-order valence-electron chi connectivity index (χ4n) is 1.31. The van der Waals surface area contributed by atoms with Crippen molar-refractivity contribution in [3.05, 3.63) is 35.9 Å².